The zero-order valence-electron chi connectivity index (χ0n) is 9.58. The number of hydrogen-bond donors (Lipinski definition) is 0. The first-order valence-corrected chi connectivity index (χ1v) is 6.06. The van der Waals surface area contributed by atoms with Gasteiger partial charge in [0.2, 0.25) is 0 Å². The summed E-state index contributed by atoms with van der Waals surface area (Å²) in [5.74, 6) is 1.02. The Morgan fingerprint density at radius 1 is 1.11 bits per heavy atom. The highest BCUT2D eigenvalue weighted by molar-refractivity contribution is 9.10. The molecule has 0 heterocycles. The molecule has 0 saturated heterocycles. The first-order valence-electron chi connectivity index (χ1n) is 5.27. The summed E-state index contributed by atoms with van der Waals surface area (Å²) in [5, 5.41) is 10.5. The lowest BCUT2D eigenvalue weighted by Gasteiger charge is -2.06. The minimum Gasteiger partial charge on any atom is -0.457 e. The van der Waals surface area contributed by atoms with Crippen molar-refractivity contribution >= 4 is 27.9 Å². The van der Waals surface area contributed by atoms with Gasteiger partial charge in [0.15, 0.2) is 6.29 Å². The van der Waals surface area contributed by atoms with Crippen LogP contribution in [-0.4, -0.2) is 11.2 Å². The van der Waals surface area contributed by atoms with Gasteiger partial charge in [0.05, 0.1) is 4.92 Å². The van der Waals surface area contributed by atoms with Crippen LogP contribution in [0, 0.1) is 10.1 Å². The topological polar surface area (TPSA) is 69.4 Å². The van der Waals surface area contributed by atoms with Crippen LogP contribution in [0.1, 0.15) is 10.4 Å². The molecule has 0 fully saturated rings. The molecule has 5 nitrogen and oxygen atoms in total. The summed E-state index contributed by atoms with van der Waals surface area (Å²) < 4.78 is 6.15. The molecule has 0 aliphatic rings. The highest BCUT2D eigenvalue weighted by Crippen LogP contribution is 2.27. The molecule has 0 bridgehead atoms. The van der Waals surface area contributed by atoms with Crippen LogP contribution in [0.3, 0.4) is 0 Å². The Hall–Kier alpha value is -2.21. The largest absolute Gasteiger partial charge is 0.457 e. The molecule has 2 aromatic rings. The second-order valence-corrected chi connectivity index (χ2v) is 4.51. The fraction of sp³-hybridized carbons (Fsp3) is 0. The molecule has 2 rings (SSSR count). The third-order valence-electron chi connectivity index (χ3n) is 2.38. The monoisotopic (exact) mass is 321 g/mol. The van der Waals surface area contributed by atoms with Gasteiger partial charge in [-0.3, -0.25) is 14.9 Å². The first-order chi connectivity index (χ1) is 9.10. The fourth-order valence-electron chi connectivity index (χ4n) is 1.44. The number of ether oxygens (including phenoxy) is 1. The minimum absolute atomic E-state index is 0.00448. The summed E-state index contributed by atoms with van der Waals surface area (Å²) in [5.41, 5.74) is 0.529. The van der Waals surface area contributed by atoms with E-state index in [0.29, 0.717) is 21.5 Å². The molecular weight excluding hydrogens is 314 g/mol. The number of aldehydes is 1. The average Bonchev–Trinajstić information content (AvgIpc) is 2.39. The molecule has 0 aromatic heterocycles. The van der Waals surface area contributed by atoms with E-state index in [1.165, 1.54) is 24.3 Å². The van der Waals surface area contributed by atoms with Crippen LogP contribution in [-0.2, 0) is 0 Å². The first kappa shape index (κ1) is 13.2. The Kier molecular flexibility index (Phi) is 3.91. The Balaban J connectivity index is 2.19. The van der Waals surface area contributed by atoms with Gasteiger partial charge < -0.3 is 4.74 Å². The lowest BCUT2D eigenvalue weighted by atomic mass is 10.2. The number of carbonyl (C=O) groups excluding carboxylic acids is 1. The van der Waals surface area contributed by atoms with Crippen molar-refractivity contribution in [2.24, 2.45) is 0 Å². The summed E-state index contributed by atoms with van der Waals surface area (Å²) in [6.45, 7) is 0. The van der Waals surface area contributed by atoms with E-state index in [1.807, 2.05) is 0 Å². The van der Waals surface area contributed by atoms with Gasteiger partial charge in [-0.25, -0.2) is 0 Å². The Morgan fingerprint density at radius 3 is 2.26 bits per heavy atom. The smallest absolute Gasteiger partial charge is 0.269 e. The molecule has 0 atom stereocenters. The number of nitro groups is 1. The van der Waals surface area contributed by atoms with Crippen LogP contribution in [0.4, 0.5) is 5.69 Å². The van der Waals surface area contributed by atoms with Gasteiger partial charge >= 0.3 is 0 Å². The molecule has 0 amide bonds. The number of carbonyl (C=O) groups is 1. The van der Waals surface area contributed by atoms with E-state index >= 15 is 0 Å². The van der Waals surface area contributed by atoms with Gasteiger partial charge in [0.25, 0.3) is 5.69 Å². The van der Waals surface area contributed by atoms with E-state index in [0.717, 1.165) is 6.29 Å². The van der Waals surface area contributed by atoms with Gasteiger partial charge in [-0.1, -0.05) is 0 Å². The molecule has 0 unspecified atom stereocenters. The highest BCUT2D eigenvalue weighted by Gasteiger charge is 2.06. The molecule has 0 saturated carbocycles. The van der Waals surface area contributed by atoms with Crippen LogP contribution in [0.2, 0.25) is 0 Å². The van der Waals surface area contributed by atoms with Gasteiger partial charge in [0.1, 0.15) is 11.5 Å². The number of rotatable bonds is 4. The van der Waals surface area contributed by atoms with Crippen molar-refractivity contribution in [1.82, 2.24) is 0 Å². The summed E-state index contributed by atoms with van der Waals surface area (Å²) in [7, 11) is 0. The maximum atomic E-state index is 10.7. The lowest BCUT2D eigenvalue weighted by Crippen LogP contribution is -1.89. The minimum atomic E-state index is -0.473. The van der Waals surface area contributed by atoms with Gasteiger partial charge in [0, 0.05) is 22.2 Å². The SMILES string of the molecule is O=Cc1ccc(Oc2ccc([N+](=O)[O-])cc2)cc1Br. The summed E-state index contributed by atoms with van der Waals surface area (Å²) in [6.07, 6.45) is 0.736. The van der Waals surface area contributed by atoms with Crippen molar-refractivity contribution in [2.45, 2.75) is 0 Å². The molecular formula is C13H8BrNO4. The maximum absolute atomic E-state index is 10.7. The molecule has 96 valence electrons. The van der Waals surface area contributed by atoms with E-state index in [2.05, 4.69) is 15.9 Å². The molecule has 2 aromatic carbocycles. The number of nitrogens with zero attached hydrogens (tertiary/aromatic N) is 1. The predicted octanol–water partition coefficient (Wildman–Crippen LogP) is 3.96. The van der Waals surface area contributed by atoms with Gasteiger partial charge in [-0.2, -0.15) is 0 Å². The van der Waals surface area contributed by atoms with E-state index < -0.39 is 4.92 Å². The van der Waals surface area contributed by atoms with Crippen LogP contribution in [0.5, 0.6) is 11.5 Å². The zero-order chi connectivity index (χ0) is 13.8. The second kappa shape index (κ2) is 5.62. The van der Waals surface area contributed by atoms with Crippen molar-refractivity contribution < 1.29 is 14.5 Å². The highest BCUT2D eigenvalue weighted by atomic mass is 79.9. The maximum Gasteiger partial charge on any atom is 0.269 e. The molecule has 19 heavy (non-hydrogen) atoms. The standard InChI is InChI=1S/C13H8BrNO4/c14-13-7-12(4-1-9(13)8-16)19-11-5-2-10(3-6-11)15(17)18/h1-8H. The third-order valence-corrected chi connectivity index (χ3v) is 3.07. The summed E-state index contributed by atoms with van der Waals surface area (Å²) in [6, 6.07) is 10.7. The molecule has 0 N–H and O–H groups in total. The second-order valence-electron chi connectivity index (χ2n) is 3.65. The van der Waals surface area contributed by atoms with E-state index in [4.69, 9.17) is 4.74 Å². The predicted molar refractivity (Wildman–Crippen MR) is 72.7 cm³/mol. The van der Waals surface area contributed by atoms with Crippen LogP contribution in [0.25, 0.3) is 0 Å². The fourth-order valence-corrected chi connectivity index (χ4v) is 1.89. The molecule has 0 aliphatic heterocycles. The normalized spacial score (nSPS) is 9.95. The molecule has 0 radical (unpaired) electrons. The van der Waals surface area contributed by atoms with Crippen molar-refractivity contribution in [1.29, 1.82) is 0 Å². The number of nitro benzene ring substituents is 1. The molecule has 0 spiro atoms. The number of halogens is 1. The van der Waals surface area contributed by atoms with Crippen molar-refractivity contribution in [3.63, 3.8) is 0 Å². The Bertz CT molecular complexity index is 625. The third kappa shape index (κ3) is 3.17. The van der Waals surface area contributed by atoms with Gasteiger partial charge in [-0.05, 0) is 46.3 Å². The molecule has 6 heteroatoms. The van der Waals surface area contributed by atoms with Gasteiger partial charge in [-0.15, -0.1) is 0 Å². The number of benzene rings is 2. The Labute approximate surface area is 117 Å². The van der Waals surface area contributed by atoms with E-state index in [1.54, 1.807) is 18.2 Å². The van der Waals surface area contributed by atoms with Crippen LogP contribution in [0.15, 0.2) is 46.9 Å². The lowest BCUT2D eigenvalue weighted by molar-refractivity contribution is -0.384. The summed E-state index contributed by atoms with van der Waals surface area (Å²) >= 11 is 3.25. The quantitative estimate of drug-likeness (QED) is 0.485. The summed E-state index contributed by atoms with van der Waals surface area (Å²) in [4.78, 5) is 20.7. The van der Waals surface area contributed by atoms with Crippen molar-refractivity contribution in [3.05, 3.63) is 62.6 Å². The number of hydrogen-bond acceptors (Lipinski definition) is 4. The van der Waals surface area contributed by atoms with E-state index in [-0.39, 0.29) is 5.69 Å². The van der Waals surface area contributed by atoms with Crippen LogP contribution < -0.4 is 4.74 Å². The van der Waals surface area contributed by atoms with Crippen molar-refractivity contribution in [3.8, 4) is 11.5 Å². The van der Waals surface area contributed by atoms with Crippen LogP contribution >= 0.6 is 15.9 Å². The average molecular weight is 322 g/mol. The Morgan fingerprint density at radius 2 is 1.74 bits per heavy atom. The zero-order valence-corrected chi connectivity index (χ0v) is 11.2. The molecule has 0 aliphatic carbocycles. The number of non-ortho nitro benzene ring substituents is 1. The van der Waals surface area contributed by atoms with E-state index in [9.17, 15) is 14.9 Å². The van der Waals surface area contributed by atoms with Crippen molar-refractivity contribution in [2.75, 3.05) is 0 Å².